The molecule has 1 amide bonds. The molecule has 1 aromatic heterocycles. The molecule has 0 fully saturated rings. The molecule has 1 aliphatic heterocycles. The fourth-order valence-electron chi connectivity index (χ4n) is 3.22. The van der Waals surface area contributed by atoms with Crippen LogP contribution in [0.5, 0.6) is 5.75 Å². The lowest BCUT2D eigenvalue weighted by atomic mass is 10.1. The maximum Gasteiger partial charge on any atom is 0.261 e. The largest absolute Gasteiger partial charge is 0.496 e. The highest BCUT2D eigenvalue weighted by molar-refractivity contribution is 6.31. The van der Waals surface area contributed by atoms with Gasteiger partial charge in [0.25, 0.3) is 11.5 Å². The van der Waals surface area contributed by atoms with Crippen LogP contribution in [0.25, 0.3) is 10.9 Å². The van der Waals surface area contributed by atoms with Crippen LogP contribution in [0.2, 0.25) is 5.02 Å². The molecule has 1 N–H and O–H groups in total. The zero-order valence-corrected chi connectivity index (χ0v) is 14.8. The van der Waals surface area contributed by atoms with Gasteiger partial charge in [0.1, 0.15) is 11.6 Å². The molecule has 0 saturated heterocycles. The quantitative estimate of drug-likeness (QED) is 0.769. The molecular formula is C19H16ClN3O3. The van der Waals surface area contributed by atoms with Crippen LogP contribution < -0.4 is 15.6 Å². The highest BCUT2D eigenvalue weighted by Gasteiger charge is 2.17. The van der Waals surface area contributed by atoms with Crippen molar-refractivity contribution >= 4 is 34.1 Å². The van der Waals surface area contributed by atoms with Gasteiger partial charge in [0, 0.05) is 23.7 Å². The molecule has 0 atom stereocenters. The zero-order chi connectivity index (χ0) is 18.3. The van der Waals surface area contributed by atoms with Crippen molar-refractivity contribution in [2.24, 2.45) is 0 Å². The average molecular weight is 370 g/mol. The Bertz CT molecular complexity index is 1090. The number of carbonyl (C=O) groups is 1. The first-order valence-electron chi connectivity index (χ1n) is 8.25. The SMILES string of the molecule is COc1ccc(Cl)cc1C(=O)Nc1ccc2nc3n(c(=O)c2c1)CCC3. The molecule has 0 radical (unpaired) electrons. The third kappa shape index (κ3) is 2.82. The molecule has 0 spiro atoms. The van der Waals surface area contributed by atoms with Crippen LogP contribution in [0.15, 0.2) is 41.2 Å². The van der Waals surface area contributed by atoms with Crippen LogP contribution in [0.1, 0.15) is 22.6 Å². The number of benzene rings is 2. The normalized spacial score (nSPS) is 12.8. The van der Waals surface area contributed by atoms with Crippen molar-refractivity contribution < 1.29 is 9.53 Å². The summed E-state index contributed by atoms with van der Waals surface area (Å²) in [6, 6.07) is 9.97. The molecule has 4 rings (SSSR count). The van der Waals surface area contributed by atoms with Crippen LogP contribution >= 0.6 is 11.6 Å². The second-order valence-electron chi connectivity index (χ2n) is 6.12. The maximum absolute atomic E-state index is 12.6. The molecule has 0 aliphatic carbocycles. The van der Waals surface area contributed by atoms with Crippen LogP contribution in [0.4, 0.5) is 5.69 Å². The Labute approximate surface area is 154 Å². The number of hydrogen-bond donors (Lipinski definition) is 1. The average Bonchev–Trinajstić information content (AvgIpc) is 3.11. The van der Waals surface area contributed by atoms with Crippen molar-refractivity contribution in [2.75, 3.05) is 12.4 Å². The number of carbonyl (C=O) groups excluding carboxylic acids is 1. The van der Waals surface area contributed by atoms with E-state index in [2.05, 4.69) is 10.3 Å². The highest BCUT2D eigenvalue weighted by Crippen LogP contribution is 2.24. The minimum atomic E-state index is -0.363. The second kappa shape index (κ2) is 6.46. The number of rotatable bonds is 3. The summed E-state index contributed by atoms with van der Waals surface area (Å²) in [6.45, 7) is 0.688. The van der Waals surface area contributed by atoms with Gasteiger partial charge >= 0.3 is 0 Å². The van der Waals surface area contributed by atoms with Crippen LogP contribution in [0, 0.1) is 0 Å². The summed E-state index contributed by atoms with van der Waals surface area (Å²) >= 11 is 5.99. The highest BCUT2D eigenvalue weighted by atomic mass is 35.5. The van der Waals surface area contributed by atoms with Crippen LogP contribution in [-0.4, -0.2) is 22.6 Å². The molecule has 0 bridgehead atoms. The van der Waals surface area contributed by atoms with Crippen molar-refractivity contribution in [3.63, 3.8) is 0 Å². The van der Waals surface area contributed by atoms with Crippen molar-refractivity contribution in [3.8, 4) is 5.75 Å². The number of aryl methyl sites for hydroxylation is 1. The Morgan fingerprint density at radius 3 is 2.92 bits per heavy atom. The number of methoxy groups -OCH3 is 1. The van der Waals surface area contributed by atoms with E-state index >= 15 is 0 Å². The van der Waals surface area contributed by atoms with E-state index in [1.54, 1.807) is 41.0 Å². The van der Waals surface area contributed by atoms with Gasteiger partial charge in [-0.3, -0.25) is 14.2 Å². The standard InChI is InChI=1S/C19H16ClN3O3/c1-26-16-7-4-11(20)9-14(16)18(24)21-12-5-6-15-13(10-12)19(25)23-8-2-3-17(23)22-15/h4-7,9-10H,2-3,8H2,1H3,(H,21,24). The molecule has 2 heterocycles. The van der Waals surface area contributed by atoms with E-state index < -0.39 is 0 Å². The Morgan fingerprint density at radius 1 is 1.27 bits per heavy atom. The minimum Gasteiger partial charge on any atom is -0.496 e. The molecule has 132 valence electrons. The second-order valence-corrected chi connectivity index (χ2v) is 6.56. The van der Waals surface area contributed by atoms with Gasteiger partial charge in [-0.25, -0.2) is 4.98 Å². The van der Waals surface area contributed by atoms with E-state index in [0.29, 0.717) is 39.5 Å². The lowest BCUT2D eigenvalue weighted by molar-refractivity contribution is 0.102. The molecular weight excluding hydrogens is 354 g/mol. The van der Waals surface area contributed by atoms with Gasteiger partial charge in [-0.15, -0.1) is 0 Å². The fraction of sp³-hybridized carbons (Fsp3) is 0.211. The maximum atomic E-state index is 12.6. The molecule has 6 nitrogen and oxygen atoms in total. The van der Waals surface area contributed by atoms with E-state index in [0.717, 1.165) is 18.7 Å². The van der Waals surface area contributed by atoms with Gasteiger partial charge in [-0.2, -0.15) is 0 Å². The van der Waals surface area contributed by atoms with Crippen LogP contribution in [-0.2, 0) is 13.0 Å². The minimum absolute atomic E-state index is 0.0704. The molecule has 0 saturated carbocycles. The monoisotopic (exact) mass is 369 g/mol. The topological polar surface area (TPSA) is 73.2 Å². The summed E-state index contributed by atoms with van der Waals surface area (Å²) in [5, 5.41) is 3.72. The summed E-state index contributed by atoms with van der Waals surface area (Å²) < 4.78 is 6.92. The van der Waals surface area contributed by atoms with Crippen molar-refractivity contribution in [3.05, 3.63) is 63.2 Å². The molecule has 2 aromatic carbocycles. The van der Waals surface area contributed by atoms with E-state index in [-0.39, 0.29) is 11.5 Å². The number of halogens is 1. The van der Waals surface area contributed by atoms with E-state index in [4.69, 9.17) is 16.3 Å². The van der Waals surface area contributed by atoms with Gasteiger partial charge in [-0.1, -0.05) is 11.6 Å². The zero-order valence-electron chi connectivity index (χ0n) is 14.1. The number of amides is 1. The van der Waals surface area contributed by atoms with Gasteiger partial charge in [0.2, 0.25) is 0 Å². The fourth-order valence-corrected chi connectivity index (χ4v) is 3.39. The van der Waals surface area contributed by atoms with Crippen LogP contribution in [0.3, 0.4) is 0 Å². The predicted molar refractivity (Wildman–Crippen MR) is 100 cm³/mol. The summed E-state index contributed by atoms with van der Waals surface area (Å²) in [7, 11) is 1.49. The lowest BCUT2D eigenvalue weighted by Crippen LogP contribution is -2.21. The van der Waals surface area contributed by atoms with E-state index in [1.165, 1.54) is 7.11 Å². The Balaban J connectivity index is 1.71. The smallest absolute Gasteiger partial charge is 0.261 e. The van der Waals surface area contributed by atoms with E-state index in [1.807, 2.05) is 0 Å². The number of ether oxygens (including phenoxy) is 1. The molecule has 1 aliphatic rings. The lowest BCUT2D eigenvalue weighted by Gasteiger charge is -2.11. The van der Waals surface area contributed by atoms with Gasteiger partial charge in [0.05, 0.1) is 23.6 Å². The Hall–Kier alpha value is -2.86. The molecule has 26 heavy (non-hydrogen) atoms. The van der Waals surface area contributed by atoms with Gasteiger partial charge < -0.3 is 10.1 Å². The predicted octanol–water partition coefficient (Wildman–Crippen LogP) is 3.26. The number of aromatic nitrogens is 2. The van der Waals surface area contributed by atoms with E-state index in [9.17, 15) is 9.59 Å². The number of fused-ring (bicyclic) bond motifs is 2. The molecule has 7 heteroatoms. The number of anilines is 1. The first-order valence-corrected chi connectivity index (χ1v) is 8.63. The summed E-state index contributed by atoms with van der Waals surface area (Å²) in [5.41, 5.74) is 1.41. The number of hydrogen-bond acceptors (Lipinski definition) is 4. The summed E-state index contributed by atoms with van der Waals surface area (Å²) in [5.74, 6) is 0.883. The Morgan fingerprint density at radius 2 is 2.12 bits per heavy atom. The first kappa shape index (κ1) is 16.6. The molecule has 0 unspecified atom stereocenters. The summed E-state index contributed by atoms with van der Waals surface area (Å²) in [6.07, 6.45) is 1.74. The summed E-state index contributed by atoms with van der Waals surface area (Å²) in [4.78, 5) is 29.8. The van der Waals surface area contributed by atoms with Crippen molar-refractivity contribution in [1.82, 2.24) is 9.55 Å². The number of nitrogens with one attached hydrogen (secondary N) is 1. The van der Waals surface area contributed by atoms with Crippen molar-refractivity contribution in [1.29, 1.82) is 0 Å². The third-order valence-corrected chi connectivity index (χ3v) is 4.71. The Kier molecular flexibility index (Phi) is 4.12. The van der Waals surface area contributed by atoms with Crippen molar-refractivity contribution in [2.45, 2.75) is 19.4 Å². The first-order chi connectivity index (χ1) is 12.6. The van der Waals surface area contributed by atoms with Gasteiger partial charge in [0.15, 0.2) is 0 Å². The van der Waals surface area contributed by atoms with Gasteiger partial charge in [-0.05, 0) is 42.8 Å². The third-order valence-electron chi connectivity index (χ3n) is 4.48. The molecule has 3 aromatic rings. The number of nitrogens with zero attached hydrogens (tertiary/aromatic N) is 2.